The van der Waals surface area contributed by atoms with Gasteiger partial charge in [-0.05, 0) is 23.1 Å². The van der Waals surface area contributed by atoms with Crippen LogP contribution in [-0.2, 0) is 10.5 Å². The van der Waals surface area contributed by atoms with Crippen LogP contribution in [0.25, 0.3) is 0 Å². The molecule has 1 aliphatic rings. The lowest BCUT2D eigenvalue weighted by Crippen LogP contribution is -2.15. The number of anilines is 1. The summed E-state index contributed by atoms with van der Waals surface area (Å²) in [7, 11) is 0. The number of carbonyl (C=O) groups is 1. The first-order valence-electron chi connectivity index (χ1n) is 6.46. The molecule has 1 N–H and O–H groups in total. The Morgan fingerprint density at radius 2 is 2.27 bits per heavy atom. The number of benzene rings is 1. The van der Waals surface area contributed by atoms with Gasteiger partial charge in [0.2, 0.25) is 5.91 Å². The largest absolute Gasteiger partial charge is 0.316 e. The maximum atomic E-state index is 12.0. The molecule has 2 aromatic rings. The van der Waals surface area contributed by atoms with Crippen molar-refractivity contribution in [1.29, 1.82) is 5.26 Å². The Morgan fingerprint density at radius 3 is 3.14 bits per heavy atom. The molecule has 0 saturated carbocycles. The molecule has 0 aliphatic carbocycles. The number of amides is 1. The Labute approximate surface area is 140 Å². The highest BCUT2D eigenvalue weighted by atomic mass is 32.2. The van der Waals surface area contributed by atoms with E-state index in [1.807, 2.05) is 18.2 Å². The first-order chi connectivity index (χ1) is 10.8. The number of nitriles is 1. The van der Waals surface area contributed by atoms with E-state index in [2.05, 4.69) is 22.4 Å². The Hall–Kier alpha value is -1.75. The SMILES string of the molecule is N#Cc1ccsc1NC(=O)CSC1=Nc2ccccc2CS1. The Balaban J connectivity index is 1.58. The minimum Gasteiger partial charge on any atom is -0.316 e. The molecule has 7 heteroatoms. The fourth-order valence-corrected chi connectivity index (χ4v) is 4.49. The predicted octanol–water partition coefficient (Wildman–Crippen LogP) is 4.23. The molecule has 1 aliphatic heterocycles. The van der Waals surface area contributed by atoms with Gasteiger partial charge in [0, 0.05) is 5.75 Å². The number of thioether (sulfide) groups is 2. The molecule has 22 heavy (non-hydrogen) atoms. The Kier molecular flexibility index (Phi) is 4.83. The Bertz CT molecular complexity index is 776. The fraction of sp³-hybridized carbons (Fsp3) is 0.133. The summed E-state index contributed by atoms with van der Waals surface area (Å²) < 4.78 is 0.903. The number of hydrogen-bond donors (Lipinski definition) is 1. The molecule has 0 atom stereocenters. The maximum Gasteiger partial charge on any atom is 0.235 e. The van der Waals surface area contributed by atoms with Gasteiger partial charge in [0.15, 0.2) is 0 Å². The number of para-hydroxylation sites is 1. The van der Waals surface area contributed by atoms with Crippen molar-refractivity contribution in [1.82, 2.24) is 0 Å². The van der Waals surface area contributed by atoms with Crippen LogP contribution in [0.5, 0.6) is 0 Å². The van der Waals surface area contributed by atoms with Crippen LogP contribution in [0.4, 0.5) is 10.7 Å². The highest BCUT2D eigenvalue weighted by molar-refractivity contribution is 8.38. The van der Waals surface area contributed by atoms with Gasteiger partial charge >= 0.3 is 0 Å². The van der Waals surface area contributed by atoms with Gasteiger partial charge in [-0.1, -0.05) is 41.7 Å². The van der Waals surface area contributed by atoms with E-state index in [-0.39, 0.29) is 11.7 Å². The minimum absolute atomic E-state index is 0.119. The summed E-state index contributed by atoms with van der Waals surface area (Å²) in [5.74, 6) is 1.05. The molecule has 0 fully saturated rings. The van der Waals surface area contributed by atoms with Gasteiger partial charge in [-0.3, -0.25) is 4.79 Å². The number of rotatable bonds is 3. The van der Waals surface area contributed by atoms with Crippen molar-refractivity contribution >= 4 is 55.8 Å². The molecule has 0 bridgehead atoms. The molecule has 1 aromatic carbocycles. The lowest BCUT2D eigenvalue weighted by Gasteiger charge is -2.13. The van der Waals surface area contributed by atoms with Crippen molar-refractivity contribution < 1.29 is 4.79 Å². The molecule has 4 nitrogen and oxygen atoms in total. The van der Waals surface area contributed by atoms with Gasteiger partial charge in [-0.15, -0.1) is 11.3 Å². The van der Waals surface area contributed by atoms with Crippen LogP contribution < -0.4 is 5.32 Å². The van der Waals surface area contributed by atoms with E-state index in [4.69, 9.17) is 5.26 Å². The van der Waals surface area contributed by atoms with E-state index in [0.29, 0.717) is 10.6 Å². The predicted molar refractivity (Wildman–Crippen MR) is 95.0 cm³/mol. The van der Waals surface area contributed by atoms with Crippen molar-refractivity contribution in [2.24, 2.45) is 4.99 Å². The van der Waals surface area contributed by atoms with Gasteiger partial charge in [0.05, 0.1) is 17.0 Å². The van der Waals surface area contributed by atoms with Gasteiger partial charge in [-0.2, -0.15) is 5.26 Å². The summed E-state index contributed by atoms with van der Waals surface area (Å²) in [5.41, 5.74) is 2.70. The van der Waals surface area contributed by atoms with E-state index in [1.54, 1.807) is 23.2 Å². The molecule has 110 valence electrons. The third kappa shape index (κ3) is 3.53. The second-order valence-electron chi connectivity index (χ2n) is 4.41. The number of aliphatic imine (C=N–C) groups is 1. The van der Waals surface area contributed by atoms with Gasteiger partial charge < -0.3 is 5.32 Å². The van der Waals surface area contributed by atoms with Crippen LogP contribution in [-0.4, -0.2) is 16.0 Å². The second kappa shape index (κ2) is 7.01. The summed E-state index contributed by atoms with van der Waals surface area (Å²) in [4.78, 5) is 16.5. The molecular formula is C15H11N3OS3. The molecule has 0 saturated heterocycles. The van der Waals surface area contributed by atoms with Crippen molar-refractivity contribution in [2.45, 2.75) is 5.75 Å². The zero-order chi connectivity index (χ0) is 15.4. The second-order valence-corrected chi connectivity index (χ2v) is 7.51. The van der Waals surface area contributed by atoms with E-state index in [0.717, 1.165) is 15.8 Å². The van der Waals surface area contributed by atoms with Crippen LogP contribution in [0.1, 0.15) is 11.1 Å². The van der Waals surface area contributed by atoms with Crippen molar-refractivity contribution in [3.05, 3.63) is 46.8 Å². The highest BCUT2D eigenvalue weighted by Crippen LogP contribution is 2.34. The zero-order valence-corrected chi connectivity index (χ0v) is 13.9. The lowest BCUT2D eigenvalue weighted by molar-refractivity contribution is -0.113. The van der Waals surface area contributed by atoms with Gasteiger partial charge in [-0.25, -0.2) is 4.99 Å². The molecule has 2 heterocycles. The molecule has 0 unspecified atom stereocenters. The molecule has 1 amide bonds. The van der Waals surface area contributed by atoms with Crippen LogP contribution in [0.2, 0.25) is 0 Å². The third-order valence-electron chi connectivity index (χ3n) is 2.92. The standard InChI is InChI=1S/C15H11N3OS3/c16-7-10-5-6-20-14(10)18-13(19)9-22-15-17-12-4-2-1-3-11(12)8-21-15/h1-6H,8-9H2,(H,18,19). The van der Waals surface area contributed by atoms with Crippen molar-refractivity contribution in [3.8, 4) is 6.07 Å². The van der Waals surface area contributed by atoms with E-state index in [9.17, 15) is 4.79 Å². The van der Waals surface area contributed by atoms with E-state index in [1.165, 1.54) is 28.7 Å². The monoisotopic (exact) mass is 345 g/mol. The van der Waals surface area contributed by atoms with Gasteiger partial charge in [0.1, 0.15) is 15.4 Å². The fourth-order valence-electron chi connectivity index (χ4n) is 1.87. The number of nitrogens with zero attached hydrogens (tertiary/aromatic N) is 2. The maximum absolute atomic E-state index is 12.0. The molecule has 3 rings (SSSR count). The highest BCUT2D eigenvalue weighted by Gasteiger charge is 2.15. The zero-order valence-electron chi connectivity index (χ0n) is 11.4. The van der Waals surface area contributed by atoms with Crippen molar-refractivity contribution in [2.75, 3.05) is 11.1 Å². The number of fused-ring (bicyclic) bond motifs is 1. The lowest BCUT2D eigenvalue weighted by atomic mass is 10.2. The number of thiophene rings is 1. The third-order valence-corrected chi connectivity index (χ3v) is 6.00. The molecule has 1 aromatic heterocycles. The molecule has 0 radical (unpaired) electrons. The van der Waals surface area contributed by atoms with Crippen LogP contribution in [0.15, 0.2) is 40.7 Å². The van der Waals surface area contributed by atoms with E-state index < -0.39 is 0 Å². The number of nitrogens with one attached hydrogen (secondary N) is 1. The van der Waals surface area contributed by atoms with Crippen LogP contribution in [0.3, 0.4) is 0 Å². The van der Waals surface area contributed by atoms with Gasteiger partial charge in [0.25, 0.3) is 0 Å². The first-order valence-corrected chi connectivity index (χ1v) is 9.31. The normalized spacial score (nSPS) is 13.0. The van der Waals surface area contributed by atoms with Crippen molar-refractivity contribution in [3.63, 3.8) is 0 Å². The summed E-state index contributed by atoms with van der Waals surface area (Å²) in [6.07, 6.45) is 0. The average Bonchev–Trinajstić information content (AvgIpc) is 3.00. The number of carbonyl (C=O) groups excluding carboxylic acids is 1. The quantitative estimate of drug-likeness (QED) is 0.904. The van der Waals surface area contributed by atoms with Crippen LogP contribution >= 0.6 is 34.9 Å². The summed E-state index contributed by atoms with van der Waals surface area (Å²) in [5, 5.41) is 14.1. The molecule has 0 spiro atoms. The Morgan fingerprint density at radius 1 is 1.41 bits per heavy atom. The summed E-state index contributed by atoms with van der Waals surface area (Å²) in [6.45, 7) is 0. The van der Waals surface area contributed by atoms with E-state index >= 15 is 0 Å². The topological polar surface area (TPSA) is 65.2 Å². The molecular weight excluding hydrogens is 334 g/mol. The average molecular weight is 345 g/mol. The first kappa shape index (κ1) is 15.2. The smallest absolute Gasteiger partial charge is 0.235 e. The minimum atomic E-state index is -0.119. The summed E-state index contributed by atoms with van der Waals surface area (Å²) in [6, 6.07) is 11.8. The number of hydrogen-bond acceptors (Lipinski definition) is 6. The van der Waals surface area contributed by atoms with Crippen LogP contribution in [0, 0.1) is 11.3 Å². The summed E-state index contributed by atoms with van der Waals surface area (Å²) >= 11 is 4.43.